The highest BCUT2D eigenvalue weighted by Gasteiger charge is 2.32. The fourth-order valence-corrected chi connectivity index (χ4v) is 4.21. The topological polar surface area (TPSA) is 54.5 Å². The number of fused-ring (bicyclic) bond motifs is 1. The molecule has 0 atom stereocenters. The standard InChI is InChI=1S/C17H17NO3S/c1-12-7-8-14(11-13(12)2)22(20,21)18-10-9-17(19)15-5-3-4-6-16(15)18/h3-8,11H,9-10H2,1-2H3. The van der Waals surface area contributed by atoms with Gasteiger partial charge in [0.25, 0.3) is 10.0 Å². The maximum atomic E-state index is 12.9. The summed E-state index contributed by atoms with van der Waals surface area (Å²) in [5.41, 5.74) is 2.92. The van der Waals surface area contributed by atoms with Crippen LogP contribution in [0.25, 0.3) is 0 Å². The van der Waals surface area contributed by atoms with E-state index in [9.17, 15) is 13.2 Å². The molecule has 0 radical (unpaired) electrons. The number of benzene rings is 2. The molecule has 0 bridgehead atoms. The van der Waals surface area contributed by atoms with Crippen LogP contribution < -0.4 is 4.31 Å². The Morgan fingerprint density at radius 1 is 1.00 bits per heavy atom. The SMILES string of the molecule is Cc1ccc(S(=O)(=O)N2CCC(=O)c3ccccc32)cc1C. The minimum atomic E-state index is -3.66. The Morgan fingerprint density at radius 2 is 1.73 bits per heavy atom. The van der Waals surface area contributed by atoms with E-state index in [0.29, 0.717) is 11.3 Å². The highest BCUT2D eigenvalue weighted by Crippen LogP contribution is 2.32. The molecule has 3 rings (SSSR count). The number of carbonyl (C=O) groups is 1. The lowest BCUT2D eigenvalue weighted by atomic mass is 10.0. The summed E-state index contributed by atoms with van der Waals surface area (Å²) >= 11 is 0. The molecule has 5 heteroatoms. The summed E-state index contributed by atoms with van der Waals surface area (Å²) in [5, 5.41) is 0. The van der Waals surface area contributed by atoms with Crippen LogP contribution in [0.5, 0.6) is 0 Å². The van der Waals surface area contributed by atoms with Crippen LogP contribution in [0.1, 0.15) is 27.9 Å². The van der Waals surface area contributed by atoms with Crippen molar-refractivity contribution in [2.45, 2.75) is 25.2 Å². The molecule has 2 aromatic carbocycles. The molecular weight excluding hydrogens is 298 g/mol. The van der Waals surface area contributed by atoms with Crippen molar-refractivity contribution < 1.29 is 13.2 Å². The Bertz CT molecular complexity index is 856. The molecular formula is C17H17NO3S. The minimum absolute atomic E-state index is 0.0119. The highest BCUT2D eigenvalue weighted by molar-refractivity contribution is 7.92. The Hall–Kier alpha value is -2.14. The zero-order valence-corrected chi connectivity index (χ0v) is 13.4. The van der Waals surface area contributed by atoms with Crippen molar-refractivity contribution in [1.82, 2.24) is 0 Å². The molecule has 0 unspecified atom stereocenters. The van der Waals surface area contributed by atoms with E-state index in [2.05, 4.69) is 0 Å². The van der Waals surface area contributed by atoms with Gasteiger partial charge < -0.3 is 0 Å². The molecule has 0 spiro atoms. The van der Waals surface area contributed by atoms with Crippen LogP contribution >= 0.6 is 0 Å². The molecule has 0 amide bonds. The number of hydrogen-bond acceptors (Lipinski definition) is 3. The Kier molecular flexibility index (Phi) is 3.53. The number of ketones is 1. The number of rotatable bonds is 2. The van der Waals surface area contributed by atoms with Gasteiger partial charge in [0.05, 0.1) is 10.6 Å². The number of sulfonamides is 1. The first-order chi connectivity index (χ1) is 10.4. The largest absolute Gasteiger partial charge is 0.294 e. The normalized spacial score (nSPS) is 14.8. The molecule has 0 saturated carbocycles. The molecule has 114 valence electrons. The number of anilines is 1. The van der Waals surface area contributed by atoms with Crippen molar-refractivity contribution in [3.8, 4) is 0 Å². The van der Waals surface area contributed by atoms with E-state index >= 15 is 0 Å². The molecule has 0 saturated heterocycles. The van der Waals surface area contributed by atoms with Gasteiger partial charge in [-0.15, -0.1) is 0 Å². The lowest BCUT2D eigenvalue weighted by Crippen LogP contribution is -2.37. The van der Waals surface area contributed by atoms with Gasteiger partial charge in [0, 0.05) is 18.5 Å². The summed E-state index contributed by atoms with van der Waals surface area (Å²) in [7, 11) is -3.66. The second-order valence-corrected chi connectivity index (χ2v) is 7.38. The smallest absolute Gasteiger partial charge is 0.264 e. The number of aryl methyl sites for hydroxylation is 2. The maximum absolute atomic E-state index is 12.9. The number of hydrogen-bond donors (Lipinski definition) is 0. The first-order valence-corrected chi connectivity index (χ1v) is 8.57. The van der Waals surface area contributed by atoms with Crippen LogP contribution in [0.4, 0.5) is 5.69 Å². The van der Waals surface area contributed by atoms with Gasteiger partial charge in [0.1, 0.15) is 0 Å². The first kappa shape index (κ1) is 14.8. The molecule has 4 nitrogen and oxygen atoms in total. The van der Waals surface area contributed by atoms with E-state index in [1.54, 1.807) is 36.4 Å². The second kappa shape index (κ2) is 5.25. The summed E-state index contributed by atoms with van der Waals surface area (Å²) in [6, 6.07) is 12.0. The van der Waals surface area contributed by atoms with Crippen molar-refractivity contribution in [2.24, 2.45) is 0 Å². The first-order valence-electron chi connectivity index (χ1n) is 7.13. The molecule has 22 heavy (non-hydrogen) atoms. The average Bonchev–Trinajstić information content (AvgIpc) is 2.50. The third-order valence-corrected chi connectivity index (χ3v) is 5.89. The summed E-state index contributed by atoms with van der Waals surface area (Å²) < 4.78 is 27.2. The predicted octanol–water partition coefficient (Wildman–Crippen LogP) is 3.09. The Morgan fingerprint density at radius 3 is 2.45 bits per heavy atom. The molecule has 1 heterocycles. The van der Waals surface area contributed by atoms with Gasteiger partial charge in [0.15, 0.2) is 5.78 Å². The zero-order chi connectivity index (χ0) is 15.9. The number of para-hydroxylation sites is 1. The van der Waals surface area contributed by atoms with Gasteiger partial charge >= 0.3 is 0 Å². The third-order valence-electron chi connectivity index (χ3n) is 4.08. The van der Waals surface area contributed by atoms with E-state index in [1.165, 1.54) is 4.31 Å². The molecule has 0 aromatic heterocycles. The van der Waals surface area contributed by atoms with Crippen molar-refractivity contribution in [2.75, 3.05) is 10.8 Å². The lowest BCUT2D eigenvalue weighted by molar-refractivity contribution is 0.0982. The average molecular weight is 315 g/mol. The van der Waals surface area contributed by atoms with Gasteiger partial charge in [-0.05, 0) is 49.2 Å². The summed E-state index contributed by atoms with van der Waals surface area (Å²) in [6.45, 7) is 4.02. The highest BCUT2D eigenvalue weighted by atomic mass is 32.2. The Balaban J connectivity index is 2.12. The van der Waals surface area contributed by atoms with E-state index < -0.39 is 10.0 Å². The van der Waals surface area contributed by atoms with Crippen LogP contribution in [0.2, 0.25) is 0 Å². The quantitative estimate of drug-likeness (QED) is 0.856. The predicted molar refractivity (Wildman–Crippen MR) is 85.8 cm³/mol. The van der Waals surface area contributed by atoms with Gasteiger partial charge in [0.2, 0.25) is 0 Å². The van der Waals surface area contributed by atoms with Crippen molar-refractivity contribution >= 4 is 21.5 Å². The molecule has 2 aromatic rings. The lowest BCUT2D eigenvalue weighted by Gasteiger charge is -2.29. The summed E-state index contributed by atoms with van der Waals surface area (Å²) in [6.07, 6.45) is 0.209. The fraction of sp³-hybridized carbons (Fsp3) is 0.235. The zero-order valence-electron chi connectivity index (χ0n) is 12.5. The van der Waals surface area contributed by atoms with E-state index in [4.69, 9.17) is 0 Å². The van der Waals surface area contributed by atoms with Gasteiger partial charge in [-0.25, -0.2) is 8.42 Å². The maximum Gasteiger partial charge on any atom is 0.264 e. The van der Waals surface area contributed by atoms with Crippen LogP contribution in [0, 0.1) is 13.8 Å². The van der Waals surface area contributed by atoms with Gasteiger partial charge in [-0.3, -0.25) is 9.10 Å². The number of carbonyl (C=O) groups excluding carboxylic acids is 1. The fourth-order valence-electron chi connectivity index (χ4n) is 2.64. The van der Waals surface area contributed by atoms with Crippen LogP contribution in [-0.2, 0) is 10.0 Å². The minimum Gasteiger partial charge on any atom is -0.294 e. The van der Waals surface area contributed by atoms with E-state index in [1.807, 2.05) is 19.9 Å². The van der Waals surface area contributed by atoms with Crippen molar-refractivity contribution in [3.63, 3.8) is 0 Å². The van der Waals surface area contributed by atoms with Gasteiger partial charge in [-0.2, -0.15) is 0 Å². The van der Waals surface area contributed by atoms with E-state index in [0.717, 1.165) is 11.1 Å². The molecule has 1 aliphatic heterocycles. The molecule has 0 fully saturated rings. The number of Topliss-reactive ketones (excluding diaryl/α,β-unsaturated/α-hetero) is 1. The van der Waals surface area contributed by atoms with Crippen molar-refractivity contribution in [3.05, 3.63) is 59.2 Å². The van der Waals surface area contributed by atoms with Crippen LogP contribution in [0.3, 0.4) is 0 Å². The van der Waals surface area contributed by atoms with E-state index in [-0.39, 0.29) is 23.6 Å². The van der Waals surface area contributed by atoms with Gasteiger partial charge in [-0.1, -0.05) is 18.2 Å². The number of nitrogens with zero attached hydrogens (tertiary/aromatic N) is 1. The molecule has 0 aliphatic carbocycles. The van der Waals surface area contributed by atoms with Crippen molar-refractivity contribution in [1.29, 1.82) is 0 Å². The van der Waals surface area contributed by atoms with Crippen LogP contribution in [0.15, 0.2) is 47.4 Å². The third kappa shape index (κ3) is 2.31. The van der Waals surface area contributed by atoms with Crippen LogP contribution in [-0.4, -0.2) is 20.7 Å². The summed E-state index contributed by atoms with van der Waals surface area (Å²) in [5.74, 6) is -0.0119. The Labute approximate surface area is 130 Å². The molecule has 0 N–H and O–H groups in total. The molecule has 1 aliphatic rings. The second-order valence-electron chi connectivity index (χ2n) is 5.51. The monoisotopic (exact) mass is 315 g/mol. The summed E-state index contributed by atoms with van der Waals surface area (Å²) in [4.78, 5) is 12.2.